The minimum absolute atomic E-state index is 0.539. The lowest BCUT2D eigenvalue weighted by Gasteiger charge is -2.17. The highest BCUT2D eigenvalue weighted by Gasteiger charge is 2.15. The van der Waals surface area contributed by atoms with Crippen molar-refractivity contribution in [3.8, 4) is 11.5 Å². The van der Waals surface area contributed by atoms with Crippen LogP contribution in [0.5, 0.6) is 11.5 Å². The summed E-state index contributed by atoms with van der Waals surface area (Å²) in [6, 6.07) is 30.7. The molecule has 0 saturated carbocycles. The van der Waals surface area contributed by atoms with E-state index >= 15 is 0 Å². The van der Waals surface area contributed by atoms with Crippen molar-refractivity contribution >= 4 is 22.4 Å². The van der Waals surface area contributed by atoms with E-state index < -0.39 is 0 Å². The molecule has 4 aromatic carbocycles. The van der Waals surface area contributed by atoms with E-state index in [4.69, 9.17) is 21.1 Å². The van der Waals surface area contributed by atoms with E-state index in [-0.39, 0.29) is 0 Å². The van der Waals surface area contributed by atoms with Crippen LogP contribution < -0.4 is 9.47 Å². The third-order valence-corrected chi connectivity index (χ3v) is 5.15. The molecule has 0 aliphatic heterocycles. The molecule has 4 rings (SSSR count). The van der Waals surface area contributed by atoms with Crippen LogP contribution in [0.3, 0.4) is 0 Å². The van der Waals surface area contributed by atoms with Gasteiger partial charge in [0.2, 0.25) is 0 Å². The van der Waals surface area contributed by atoms with Crippen molar-refractivity contribution in [1.82, 2.24) is 0 Å². The van der Waals surface area contributed by atoms with Crippen LogP contribution in [0.4, 0.5) is 0 Å². The van der Waals surface area contributed by atoms with Gasteiger partial charge in [0, 0.05) is 18.2 Å². The first-order chi connectivity index (χ1) is 14.3. The predicted octanol–water partition coefficient (Wildman–Crippen LogP) is 6.74. The normalized spacial score (nSPS) is 10.8. The van der Waals surface area contributed by atoms with Crippen LogP contribution >= 0.6 is 11.6 Å². The van der Waals surface area contributed by atoms with Crippen LogP contribution in [0.2, 0.25) is 5.02 Å². The zero-order valence-corrected chi connectivity index (χ0v) is 16.9. The monoisotopic (exact) mass is 402 g/mol. The average Bonchev–Trinajstić information content (AvgIpc) is 2.77. The van der Waals surface area contributed by atoms with Crippen LogP contribution in [-0.4, -0.2) is 13.2 Å². The Morgan fingerprint density at radius 1 is 0.586 bits per heavy atom. The van der Waals surface area contributed by atoms with Crippen LogP contribution in [0.25, 0.3) is 10.8 Å². The Hall–Kier alpha value is -2.97. The quantitative estimate of drug-likeness (QED) is 0.325. The fourth-order valence-electron chi connectivity index (χ4n) is 3.37. The predicted molar refractivity (Wildman–Crippen MR) is 120 cm³/mol. The van der Waals surface area contributed by atoms with Gasteiger partial charge in [0.05, 0.1) is 18.2 Å². The summed E-state index contributed by atoms with van der Waals surface area (Å²) < 4.78 is 12.4. The van der Waals surface area contributed by atoms with Gasteiger partial charge >= 0.3 is 0 Å². The summed E-state index contributed by atoms with van der Waals surface area (Å²) in [4.78, 5) is 0. The minimum Gasteiger partial charge on any atom is -0.489 e. The first-order valence-electron chi connectivity index (χ1n) is 9.86. The van der Waals surface area contributed by atoms with Gasteiger partial charge in [-0.2, -0.15) is 0 Å². The molecule has 0 radical (unpaired) electrons. The molecule has 0 saturated heterocycles. The van der Waals surface area contributed by atoms with Gasteiger partial charge in [0.25, 0.3) is 0 Å². The SMILES string of the molecule is Clc1cc2ccccc2c(OCCc2ccccc2)c1OCCc1ccccc1. The Morgan fingerprint density at radius 3 is 1.72 bits per heavy atom. The minimum atomic E-state index is 0.539. The smallest absolute Gasteiger partial charge is 0.180 e. The molecule has 146 valence electrons. The van der Waals surface area contributed by atoms with Crippen LogP contribution in [0, 0.1) is 0 Å². The fraction of sp³-hybridized carbons (Fsp3) is 0.154. The third-order valence-electron chi connectivity index (χ3n) is 4.87. The summed E-state index contributed by atoms with van der Waals surface area (Å²) in [5.74, 6) is 1.34. The summed E-state index contributed by atoms with van der Waals surface area (Å²) >= 11 is 6.58. The van der Waals surface area contributed by atoms with Gasteiger partial charge in [-0.25, -0.2) is 0 Å². The maximum absolute atomic E-state index is 6.58. The Labute approximate surface area is 176 Å². The van der Waals surface area contributed by atoms with E-state index in [1.165, 1.54) is 11.1 Å². The number of fused-ring (bicyclic) bond motifs is 1. The highest BCUT2D eigenvalue weighted by atomic mass is 35.5. The summed E-state index contributed by atoms with van der Waals surface area (Å²) in [6.45, 7) is 1.10. The summed E-state index contributed by atoms with van der Waals surface area (Å²) in [5.41, 5.74) is 2.47. The molecule has 0 aromatic heterocycles. The Kier molecular flexibility index (Phi) is 6.33. The van der Waals surface area contributed by atoms with Gasteiger partial charge in [0.1, 0.15) is 0 Å². The molecule has 3 heteroatoms. The van der Waals surface area contributed by atoms with Crippen molar-refractivity contribution in [2.45, 2.75) is 12.8 Å². The van der Waals surface area contributed by atoms with Gasteiger partial charge in [-0.3, -0.25) is 0 Å². The van der Waals surface area contributed by atoms with E-state index in [0.717, 1.165) is 29.4 Å². The number of halogens is 1. The number of benzene rings is 4. The molecule has 0 N–H and O–H groups in total. The third kappa shape index (κ3) is 4.90. The number of rotatable bonds is 8. The number of hydrogen-bond donors (Lipinski definition) is 0. The maximum Gasteiger partial charge on any atom is 0.180 e. The Bertz CT molecular complexity index is 1060. The van der Waals surface area contributed by atoms with Crippen molar-refractivity contribution in [1.29, 1.82) is 0 Å². The molecule has 29 heavy (non-hydrogen) atoms. The lowest BCUT2D eigenvalue weighted by molar-refractivity contribution is 0.275. The zero-order chi connectivity index (χ0) is 19.9. The summed E-state index contributed by atoms with van der Waals surface area (Å²) in [7, 11) is 0. The largest absolute Gasteiger partial charge is 0.489 e. The highest BCUT2D eigenvalue weighted by molar-refractivity contribution is 6.33. The van der Waals surface area contributed by atoms with E-state index in [0.29, 0.717) is 24.0 Å². The van der Waals surface area contributed by atoms with E-state index in [2.05, 4.69) is 24.3 Å². The molecule has 0 aliphatic carbocycles. The standard InChI is InChI=1S/C26H23ClO2/c27-24-19-22-13-7-8-14-23(22)25(28-17-15-20-9-3-1-4-10-20)26(24)29-18-16-21-11-5-2-6-12-21/h1-14,19H,15-18H2. The van der Waals surface area contributed by atoms with Crippen molar-refractivity contribution in [3.05, 3.63) is 107 Å². The topological polar surface area (TPSA) is 18.5 Å². The Balaban J connectivity index is 1.54. The lowest BCUT2D eigenvalue weighted by atomic mass is 10.1. The molecule has 0 bridgehead atoms. The summed E-state index contributed by atoms with van der Waals surface area (Å²) in [6.07, 6.45) is 1.64. The molecule has 0 fully saturated rings. The molecule has 0 atom stereocenters. The van der Waals surface area contributed by atoms with Crippen molar-refractivity contribution in [3.63, 3.8) is 0 Å². The number of hydrogen-bond acceptors (Lipinski definition) is 2. The van der Waals surface area contributed by atoms with E-state index in [1.54, 1.807) is 0 Å². The number of ether oxygens (including phenoxy) is 2. The van der Waals surface area contributed by atoms with Gasteiger partial charge < -0.3 is 9.47 Å². The molecule has 0 spiro atoms. The van der Waals surface area contributed by atoms with Crippen molar-refractivity contribution in [2.24, 2.45) is 0 Å². The lowest BCUT2D eigenvalue weighted by Crippen LogP contribution is -2.07. The second-order valence-electron chi connectivity index (χ2n) is 6.91. The zero-order valence-electron chi connectivity index (χ0n) is 16.2. The molecule has 0 amide bonds. The molecular formula is C26H23ClO2. The molecule has 2 nitrogen and oxygen atoms in total. The van der Waals surface area contributed by atoms with Gasteiger partial charge in [-0.1, -0.05) is 96.5 Å². The van der Waals surface area contributed by atoms with Crippen LogP contribution in [0.15, 0.2) is 91.0 Å². The van der Waals surface area contributed by atoms with Gasteiger partial charge in [-0.05, 0) is 22.6 Å². The average molecular weight is 403 g/mol. The molecule has 0 aliphatic rings. The first kappa shape index (κ1) is 19.4. The molecular weight excluding hydrogens is 380 g/mol. The van der Waals surface area contributed by atoms with Crippen LogP contribution in [0.1, 0.15) is 11.1 Å². The van der Waals surface area contributed by atoms with Gasteiger partial charge in [0.15, 0.2) is 11.5 Å². The van der Waals surface area contributed by atoms with Crippen molar-refractivity contribution in [2.75, 3.05) is 13.2 Å². The molecule has 4 aromatic rings. The maximum atomic E-state index is 6.58. The Morgan fingerprint density at radius 2 is 1.10 bits per heavy atom. The first-order valence-corrected chi connectivity index (χ1v) is 10.2. The summed E-state index contributed by atoms with van der Waals surface area (Å²) in [5, 5.41) is 2.63. The fourth-order valence-corrected chi connectivity index (χ4v) is 3.63. The highest BCUT2D eigenvalue weighted by Crippen LogP contribution is 2.42. The van der Waals surface area contributed by atoms with E-state index in [9.17, 15) is 0 Å². The second kappa shape index (κ2) is 9.49. The molecule has 0 heterocycles. The van der Waals surface area contributed by atoms with E-state index in [1.807, 2.05) is 66.7 Å². The van der Waals surface area contributed by atoms with Gasteiger partial charge in [-0.15, -0.1) is 0 Å². The van der Waals surface area contributed by atoms with Crippen molar-refractivity contribution < 1.29 is 9.47 Å². The molecule has 0 unspecified atom stereocenters. The second-order valence-corrected chi connectivity index (χ2v) is 7.31. The van der Waals surface area contributed by atoms with Crippen LogP contribution in [-0.2, 0) is 12.8 Å².